The third-order valence-corrected chi connectivity index (χ3v) is 5.19. The van der Waals surface area contributed by atoms with Gasteiger partial charge in [-0.2, -0.15) is 13.2 Å². The molecular weight excluding hydrogens is 429 g/mol. The van der Waals surface area contributed by atoms with Crippen molar-refractivity contribution in [3.8, 4) is 11.5 Å². The van der Waals surface area contributed by atoms with Crippen LogP contribution < -0.4 is 11.1 Å². The number of thioether (sulfide) groups is 1. The maximum absolute atomic E-state index is 12.7. The van der Waals surface area contributed by atoms with Crippen molar-refractivity contribution in [2.45, 2.75) is 17.0 Å². The zero-order chi connectivity index (χ0) is 21.8. The van der Waals surface area contributed by atoms with E-state index in [9.17, 15) is 13.2 Å². The molecule has 0 aliphatic carbocycles. The molecule has 0 atom stereocenters. The fraction of sp³-hybridized carbons (Fsp3) is 0.100. The highest BCUT2D eigenvalue weighted by molar-refractivity contribution is 7.98. The lowest BCUT2D eigenvalue weighted by molar-refractivity contribution is -0.137. The van der Waals surface area contributed by atoms with E-state index in [4.69, 9.17) is 10.2 Å². The number of pyridine rings is 2. The van der Waals surface area contributed by atoms with Crippen LogP contribution in [0.2, 0.25) is 0 Å². The van der Waals surface area contributed by atoms with Crippen LogP contribution in [0.25, 0.3) is 11.5 Å². The molecule has 4 aromatic rings. The summed E-state index contributed by atoms with van der Waals surface area (Å²) in [5, 5.41) is 11.4. The van der Waals surface area contributed by atoms with Gasteiger partial charge in [0.25, 0.3) is 5.89 Å². The summed E-state index contributed by atoms with van der Waals surface area (Å²) in [5.74, 6) is 1.29. The Bertz CT molecular complexity index is 1180. The highest BCUT2D eigenvalue weighted by atomic mass is 32.2. The first-order valence-electron chi connectivity index (χ1n) is 8.95. The van der Waals surface area contributed by atoms with E-state index in [1.165, 1.54) is 23.9 Å². The van der Waals surface area contributed by atoms with Gasteiger partial charge < -0.3 is 15.5 Å². The van der Waals surface area contributed by atoms with Gasteiger partial charge in [-0.3, -0.25) is 0 Å². The lowest BCUT2D eigenvalue weighted by Crippen LogP contribution is -2.04. The van der Waals surface area contributed by atoms with Gasteiger partial charge in [0.2, 0.25) is 0 Å². The molecule has 0 fully saturated rings. The molecule has 7 nitrogen and oxygen atoms in total. The van der Waals surface area contributed by atoms with E-state index in [-0.39, 0.29) is 11.9 Å². The number of rotatable bonds is 6. The second kappa shape index (κ2) is 8.64. The number of nitrogens with zero attached hydrogens (tertiary/aromatic N) is 4. The van der Waals surface area contributed by atoms with Crippen LogP contribution in [0.15, 0.2) is 70.4 Å². The number of alkyl halides is 3. The third kappa shape index (κ3) is 5.12. The molecule has 0 spiro atoms. The zero-order valence-corrected chi connectivity index (χ0v) is 16.6. The molecule has 3 heterocycles. The van der Waals surface area contributed by atoms with Crippen LogP contribution in [0.3, 0.4) is 0 Å². The van der Waals surface area contributed by atoms with Crippen molar-refractivity contribution >= 4 is 29.3 Å². The summed E-state index contributed by atoms with van der Waals surface area (Å²) < 4.78 is 43.7. The number of hydrogen-bond acceptors (Lipinski definition) is 8. The van der Waals surface area contributed by atoms with Crippen LogP contribution in [0.4, 0.5) is 30.7 Å². The van der Waals surface area contributed by atoms with E-state index in [1.54, 1.807) is 30.6 Å². The lowest BCUT2D eigenvalue weighted by atomic mass is 10.2. The molecule has 0 aliphatic heterocycles. The Kier molecular flexibility index (Phi) is 5.76. The fourth-order valence-corrected chi connectivity index (χ4v) is 3.58. The first kappa shape index (κ1) is 20.7. The second-order valence-corrected chi connectivity index (χ2v) is 7.31. The van der Waals surface area contributed by atoms with E-state index in [0.29, 0.717) is 27.8 Å². The molecule has 3 N–H and O–H groups in total. The number of benzene rings is 1. The average Bonchev–Trinajstić information content (AvgIpc) is 3.20. The highest BCUT2D eigenvalue weighted by Gasteiger charge is 2.30. The molecule has 0 amide bonds. The number of nitrogens with two attached hydrogens (primary N) is 1. The van der Waals surface area contributed by atoms with Gasteiger partial charge >= 0.3 is 12.2 Å². The minimum atomic E-state index is -4.40. The number of nitrogen functional groups attached to an aromatic ring is 1. The van der Waals surface area contributed by atoms with Gasteiger partial charge in [-0.15, -0.1) is 16.9 Å². The van der Waals surface area contributed by atoms with E-state index in [2.05, 4.69) is 25.5 Å². The predicted octanol–water partition coefficient (Wildman–Crippen LogP) is 5.16. The summed E-state index contributed by atoms with van der Waals surface area (Å²) in [7, 11) is 0. The summed E-state index contributed by atoms with van der Waals surface area (Å²) >= 11 is 1.47. The predicted molar refractivity (Wildman–Crippen MR) is 110 cm³/mol. The van der Waals surface area contributed by atoms with Crippen molar-refractivity contribution in [3.05, 3.63) is 72.1 Å². The van der Waals surface area contributed by atoms with E-state index in [1.807, 2.05) is 6.07 Å². The van der Waals surface area contributed by atoms with E-state index >= 15 is 0 Å². The molecule has 11 heteroatoms. The summed E-state index contributed by atoms with van der Waals surface area (Å²) in [5.41, 5.74) is 6.99. The fourth-order valence-electron chi connectivity index (χ4n) is 2.65. The molecule has 31 heavy (non-hydrogen) atoms. The number of hydrogen-bond donors (Lipinski definition) is 2. The largest absolute Gasteiger partial charge is 0.416 e. The Balaban J connectivity index is 1.49. The van der Waals surface area contributed by atoms with Gasteiger partial charge in [0.1, 0.15) is 10.8 Å². The molecular formula is C20H15F3N6OS. The Morgan fingerprint density at radius 1 is 1.00 bits per heavy atom. The van der Waals surface area contributed by atoms with Crippen LogP contribution in [0.1, 0.15) is 11.1 Å². The first-order chi connectivity index (χ1) is 14.9. The number of aromatic nitrogens is 4. The van der Waals surface area contributed by atoms with Crippen molar-refractivity contribution < 1.29 is 17.6 Å². The molecule has 0 saturated heterocycles. The molecule has 0 unspecified atom stereocenters. The molecule has 0 saturated carbocycles. The molecule has 0 radical (unpaired) electrons. The molecule has 0 bridgehead atoms. The average molecular weight is 444 g/mol. The molecule has 158 valence electrons. The zero-order valence-electron chi connectivity index (χ0n) is 15.8. The maximum Gasteiger partial charge on any atom is 0.416 e. The normalized spacial score (nSPS) is 11.5. The monoisotopic (exact) mass is 444 g/mol. The van der Waals surface area contributed by atoms with Crippen LogP contribution in [0.5, 0.6) is 0 Å². The SMILES string of the molecule is Nc1cc(CSc2ncccc2-c2nnc(Nc3ccc(C(F)(F)F)cc3)o2)ccn1. The smallest absolute Gasteiger partial charge is 0.403 e. The van der Waals surface area contributed by atoms with Crippen molar-refractivity contribution in [3.63, 3.8) is 0 Å². The highest BCUT2D eigenvalue weighted by Crippen LogP contribution is 2.33. The number of anilines is 3. The van der Waals surface area contributed by atoms with Crippen molar-refractivity contribution in [2.24, 2.45) is 0 Å². The quantitative estimate of drug-likeness (QED) is 0.393. The van der Waals surface area contributed by atoms with Gasteiger partial charge in [-0.25, -0.2) is 9.97 Å². The minimum absolute atomic E-state index is 0.0523. The van der Waals surface area contributed by atoms with E-state index in [0.717, 1.165) is 17.7 Å². The van der Waals surface area contributed by atoms with Crippen LogP contribution in [-0.4, -0.2) is 20.2 Å². The van der Waals surface area contributed by atoms with Gasteiger partial charge in [0.15, 0.2) is 0 Å². The first-order valence-corrected chi connectivity index (χ1v) is 9.93. The number of halogens is 3. The van der Waals surface area contributed by atoms with Crippen molar-refractivity contribution in [1.29, 1.82) is 0 Å². The molecule has 3 aromatic heterocycles. The standard InChI is InChI=1S/C20H15F3N6OS/c21-20(22,23)13-3-5-14(6-4-13)27-19-29-28-17(30-19)15-2-1-8-26-18(15)31-11-12-7-9-25-16(24)10-12/h1-10H,11H2,(H2,24,25)(H,27,29). The third-order valence-electron chi connectivity index (χ3n) is 4.11. The summed E-state index contributed by atoms with van der Waals surface area (Å²) in [6.45, 7) is 0. The van der Waals surface area contributed by atoms with Gasteiger partial charge in [-0.05, 0) is 54.1 Å². The van der Waals surface area contributed by atoms with Gasteiger partial charge in [0, 0.05) is 23.8 Å². The Morgan fingerprint density at radius 3 is 2.55 bits per heavy atom. The summed E-state index contributed by atoms with van der Waals surface area (Å²) in [4.78, 5) is 8.35. The Labute approximate surface area is 178 Å². The van der Waals surface area contributed by atoms with Crippen LogP contribution in [0, 0.1) is 0 Å². The van der Waals surface area contributed by atoms with E-state index < -0.39 is 11.7 Å². The molecule has 4 rings (SSSR count). The minimum Gasteiger partial charge on any atom is -0.403 e. The summed E-state index contributed by atoms with van der Waals surface area (Å²) in [6, 6.07) is 11.8. The topological polar surface area (TPSA) is 103 Å². The Hall–Kier alpha value is -3.60. The Morgan fingerprint density at radius 2 is 1.81 bits per heavy atom. The summed E-state index contributed by atoms with van der Waals surface area (Å²) in [6.07, 6.45) is -1.10. The molecule has 1 aromatic carbocycles. The lowest BCUT2D eigenvalue weighted by Gasteiger charge is -2.07. The van der Waals surface area contributed by atoms with Gasteiger partial charge in [0.05, 0.1) is 11.1 Å². The van der Waals surface area contributed by atoms with Crippen LogP contribution >= 0.6 is 11.8 Å². The molecule has 0 aliphatic rings. The van der Waals surface area contributed by atoms with Crippen LogP contribution in [-0.2, 0) is 11.9 Å². The van der Waals surface area contributed by atoms with Crippen molar-refractivity contribution in [1.82, 2.24) is 20.2 Å². The number of nitrogens with one attached hydrogen (secondary N) is 1. The van der Waals surface area contributed by atoms with Gasteiger partial charge in [-0.1, -0.05) is 5.10 Å². The van der Waals surface area contributed by atoms with Crippen molar-refractivity contribution in [2.75, 3.05) is 11.1 Å². The second-order valence-electron chi connectivity index (χ2n) is 6.35. The maximum atomic E-state index is 12.7.